The summed E-state index contributed by atoms with van der Waals surface area (Å²) < 4.78 is 5.57. The predicted octanol–water partition coefficient (Wildman–Crippen LogP) is 1.78. The molecule has 7 heteroatoms. The van der Waals surface area contributed by atoms with Crippen molar-refractivity contribution in [3.05, 3.63) is 29.3 Å². The summed E-state index contributed by atoms with van der Waals surface area (Å²) in [6.07, 6.45) is -0.305. The van der Waals surface area contributed by atoms with Crippen LogP contribution in [0.5, 0.6) is 0 Å². The number of carbonyl (C=O) groups is 1. The Bertz CT molecular complexity index is 543. The quantitative estimate of drug-likeness (QED) is 0.855. The molecule has 0 radical (unpaired) electrons. The van der Waals surface area contributed by atoms with E-state index in [1.54, 1.807) is 0 Å². The summed E-state index contributed by atoms with van der Waals surface area (Å²) in [5, 5.41) is 3.22. The van der Waals surface area contributed by atoms with E-state index in [9.17, 15) is 4.79 Å². The molecule has 0 saturated carbocycles. The fourth-order valence-corrected chi connectivity index (χ4v) is 3.17. The van der Waals surface area contributed by atoms with E-state index in [0.717, 1.165) is 32.7 Å². The molecule has 0 spiro atoms. The molecule has 1 aromatic carbocycles. The molecule has 2 fully saturated rings. The molecule has 0 aliphatic carbocycles. The topological polar surface area (TPSA) is 44.8 Å². The molecule has 0 aromatic heterocycles. The molecule has 2 saturated heterocycles. The average Bonchev–Trinajstić information content (AvgIpc) is 2.58. The van der Waals surface area contributed by atoms with E-state index in [4.69, 9.17) is 4.74 Å². The van der Waals surface area contributed by atoms with Crippen LogP contribution in [0, 0.1) is 13.8 Å². The van der Waals surface area contributed by atoms with Gasteiger partial charge in [0.15, 0.2) is 0 Å². The van der Waals surface area contributed by atoms with E-state index in [2.05, 4.69) is 42.3 Å². The number of aryl methyl sites for hydroxylation is 1. The Morgan fingerprint density at radius 2 is 1.88 bits per heavy atom. The average molecular weight is 376 g/mol. The molecule has 2 heterocycles. The number of ether oxygens (including phenoxy) is 1. The fourth-order valence-electron chi connectivity index (χ4n) is 3.17. The van der Waals surface area contributed by atoms with Crippen LogP contribution in [0.25, 0.3) is 0 Å². The summed E-state index contributed by atoms with van der Waals surface area (Å²) in [5.74, 6) is 0.132. The number of hydrogen-bond donors (Lipinski definition) is 1. The Balaban J connectivity index is 0.00000144. The Morgan fingerprint density at radius 1 is 1.17 bits per heavy atom. The highest BCUT2D eigenvalue weighted by molar-refractivity contribution is 5.85. The number of hydrogen-bond acceptors (Lipinski definition) is 4. The van der Waals surface area contributed by atoms with E-state index in [-0.39, 0.29) is 36.8 Å². The van der Waals surface area contributed by atoms with Crippen LogP contribution < -0.4 is 10.2 Å². The van der Waals surface area contributed by atoms with Gasteiger partial charge in [0.1, 0.15) is 6.10 Å². The molecular formula is C17H27Cl2N3O2. The van der Waals surface area contributed by atoms with E-state index >= 15 is 0 Å². The maximum absolute atomic E-state index is 12.5. The maximum Gasteiger partial charge on any atom is 0.253 e. The summed E-state index contributed by atoms with van der Waals surface area (Å²) in [7, 11) is 0. The van der Waals surface area contributed by atoms with Gasteiger partial charge in [-0.15, -0.1) is 24.8 Å². The molecule has 24 heavy (non-hydrogen) atoms. The molecule has 1 amide bonds. The molecule has 5 nitrogen and oxygen atoms in total. The van der Waals surface area contributed by atoms with Gasteiger partial charge in [0, 0.05) is 45.0 Å². The van der Waals surface area contributed by atoms with Gasteiger partial charge in [0.2, 0.25) is 0 Å². The van der Waals surface area contributed by atoms with Crippen molar-refractivity contribution in [2.24, 2.45) is 0 Å². The highest BCUT2D eigenvalue weighted by Gasteiger charge is 2.29. The van der Waals surface area contributed by atoms with E-state index < -0.39 is 0 Å². The van der Waals surface area contributed by atoms with Gasteiger partial charge in [0.05, 0.1) is 6.61 Å². The number of amides is 1. The van der Waals surface area contributed by atoms with Crippen molar-refractivity contribution in [1.29, 1.82) is 0 Å². The molecule has 2 aliphatic rings. The van der Waals surface area contributed by atoms with Gasteiger partial charge >= 0.3 is 0 Å². The molecular weight excluding hydrogens is 349 g/mol. The van der Waals surface area contributed by atoms with Gasteiger partial charge in [-0.05, 0) is 31.0 Å². The molecule has 1 unspecified atom stereocenters. The smallest absolute Gasteiger partial charge is 0.253 e. The van der Waals surface area contributed by atoms with Gasteiger partial charge in [-0.2, -0.15) is 0 Å². The molecule has 2 aliphatic heterocycles. The third kappa shape index (κ3) is 4.54. The Labute approximate surface area is 156 Å². The molecule has 136 valence electrons. The zero-order chi connectivity index (χ0) is 15.5. The molecule has 1 aromatic rings. The van der Waals surface area contributed by atoms with Crippen LogP contribution in [0.3, 0.4) is 0 Å². The number of rotatable bonds is 2. The Morgan fingerprint density at radius 3 is 2.50 bits per heavy atom. The van der Waals surface area contributed by atoms with E-state index in [1.807, 2.05) is 4.90 Å². The second kappa shape index (κ2) is 9.47. The number of carbonyl (C=O) groups excluding carboxylic acids is 1. The number of nitrogens with zero attached hydrogens (tertiary/aromatic N) is 2. The molecule has 1 atom stereocenters. The molecule has 1 N–H and O–H groups in total. The van der Waals surface area contributed by atoms with Crippen molar-refractivity contribution in [1.82, 2.24) is 10.2 Å². The van der Waals surface area contributed by atoms with Crippen LogP contribution in [0.15, 0.2) is 18.2 Å². The van der Waals surface area contributed by atoms with E-state index in [1.165, 1.54) is 16.8 Å². The fraction of sp³-hybridized carbons (Fsp3) is 0.588. The van der Waals surface area contributed by atoms with Crippen molar-refractivity contribution < 1.29 is 9.53 Å². The third-order valence-electron chi connectivity index (χ3n) is 4.71. The number of morpholine rings is 1. The first-order chi connectivity index (χ1) is 10.7. The first kappa shape index (κ1) is 21.0. The summed E-state index contributed by atoms with van der Waals surface area (Å²) in [5.41, 5.74) is 3.95. The SMILES string of the molecule is Cc1cccc(N2CCN(C(=O)C3CNCCO3)CC2)c1C.Cl.Cl. The summed E-state index contributed by atoms with van der Waals surface area (Å²) >= 11 is 0. The first-order valence-corrected chi connectivity index (χ1v) is 8.09. The van der Waals surface area contributed by atoms with Crippen LogP contribution in [-0.2, 0) is 9.53 Å². The zero-order valence-electron chi connectivity index (χ0n) is 14.3. The summed E-state index contributed by atoms with van der Waals surface area (Å²) in [4.78, 5) is 16.8. The summed E-state index contributed by atoms with van der Waals surface area (Å²) in [6.45, 7) is 9.72. The number of nitrogens with one attached hydrogen (secondary N) is 1. The van der Waals surface area contributed by atoms with Crippen molar-refractivity contribution in [3.63, 3.8) is 0 Å². The molecule has 0 bridgehead atoms. The zero-order valence-corrected chi connectivity index (χ0v) is 15.9. The summed E-state index contributed by atoms with van der Waals surface area (Å²) in [6, 6.07) is 6.43. The highest BCUT2D eigenvalue weighted by atomic mass is 35.5. The standard InChI is InChI=1S/C17H25N3O2.2ClH/c1-13-4-3-5-15(14(13)2)19-7-9-20(10-8-19)17(21)16-12-18-6-11-22-16;;/h3-5,16,18H,6-12H2,1-2H3;2*1H. The van der Waals surface area contributed by atoms with Gasteiger partial charge in [-0.1, -0.05) is 12.1 Å². The lowest BCUT2D eigenvalue weighted by atomic mass is 10.1. The van der Waals surface area contributed by atoms with Crippen LogP contribution >= 0.6 is 24.8 Å². The first-order valence-electron chi connectivity index (χ1n) is 8.09. The predicted molar refractivity (Wildman–Crippen MR) is 102 cm³/mol. The van der Waals surface area contributed by atoms with Crippen LogP contribution in [0.1, 0.15) is 11.1 Å². The van der Waals surface area contributed by atoms with Crippen molar-refractivity contribution in [2.75, 3.05) is 50.8 Å². The lowest BCUT2D eigenvalue weighted by Gasteiger charge is -2.38. The number of benzene rings is 1. The highest BCUT2D eigenvalue weighted by Crippen LogP contribution is 2.24. The normalized spacial score (nSPS) is 20.8. The number of anilines is 1. The van der Waals surface area contributed by atoms with Crippen LogP contribution in [0.2, 0.25) is 0 Å². The number of halogens is 2. The minimum atomic E-state index is -0.305. The minimum Gasteiger partial charge on any atom is -0.368 e. The van der Waals surface area contributed by atoms with Gasteiger partial charge in [-0.3, -0.25) is 4.79 Å². The third-order valence-corrected chi connectivity index (χ3v) is 4.71. The number of piperazine rings is 1. The van der Waals surface area contributed by atoms with Gasteiger partial charge in [0.25, 0.3) is 5.91 Å². The van der Waals surface area contributed by atoms with E-state index in [0.29, 0.717) is 13.2 Å². The molecule has 3 rings (SSSR count). The maximum atomic E-state index is 12.5. The van der Waals surface area contributed by atoms with Gasteiger partial charge < -0.3 is 19.9 Å². The van der Waals surface area contributed by atoms with Gasteiger partial charge in [-0.25, -0.2) is 0 Å². The van der Waals surface area contributed by atoms with Crippen LogP contribution in [0.4, 0.5) is 5.69 Å². The van der Waals surface area contributed by atoms with Crippen molar-refractivity contribution >= 4 is 36.4 Å². The van der Waals surface area contributed by atoms with Crippen molar-refractivity contribution in [2.45, 2.75) is 20.0 Å². The monoisotopic (exact) mass is 375 g/mol. The Hall–Kier alpha value is -1.01. The lowest BCUT2D eigenvalue weighted by molar-refractivity contribution is -0.145. The van der Waals surface area contributed by atoms with Crippen LogP contribution in [-0.4, -0.2) is 62.8 Å². The minimum absolute atomic E-state index is 0. The largest absolute Gasteiger partial charge is 0.368 e. The Kier molecular flexibility index (Phi) is 8.30. The second-order valence-electron chi connectivity index (χ2n) is 6.09. The lowest BCUT2D eigenvalue weighted by Crippen LogP contribution is -2.55. The second-order valence-corrected chi connectivity index (χ2v) is 6.09. The van der Waals surface area contributed by atoms with Crippen molar-refractivity contribution in [3.8, 4) is 0 Å².